The fraction of sp³-hybridized carbons (Fsp3) is 1.00. The Morgan fingerprint density at radius 3 is 2.60 bits per heavy atom. The highest BCUT2D eigenvalue weighted by atomic mass is 32.2. The van der Waals surface area contributed by atoms with Crippen LogP contribution in [0.3, 0.4) is 0 Å². The molecule has 5 nitrogen and oxygen atoms in total. The van der Waals surface area contributed by atoms with Gasteiger partial charge in [-0.15, -0.1) is 0 Å². The molecule has 2 N–H and O–H groups in total. The van der Waals surface area contributed by atoms with Crippen LogP contribution in [0, 0.1) is 5.92 Å². The van der Waals surface area contributed by atoms with Crippen LogP contribution in [-0.2, 0) is 10.2 Å². The highest BCUT2D eigenvalue weighted by Crippen LogP contribution is 2.32. The highest BCUT2D eigenvalue weighted by molar-refractivity contribution is 7.87. The first kappa shape index (κ1) is 12.9. The molecule has 1 rings (SSSR count). The lowest BCUT2D eigenvalue weighted by molar-refractivity contribution is 0.275. The zero-order chi connectivity index (χ0) is 11.5. The highest BCUT2D eigenvalue weighted by Gasteiger charge is 2.31. The first-order chi connectivity index (χ1) is 6.97. The van der Waals surface area contributed by atoms with Crippen molar-refractivity contribution in [2.75, 3.05) is 20.2 Å². The Bertz CT molecular complexity index is 288. The summed E-state index contributed by atoms with van der Waals surface area (Å²) in [5, 5.41) is 8.62. The summed E-state index contributed by atoms with van der Waals surface area (Å²) in [4.78, 5) is 0. The molecule has 0 amide bonds. The summed E-state index contributed by atoms with van der Waals surface area (Å²) in [6.45, 7) is 2.26. The number of rotatable bonds is 7. The molecule has 15 heavy (non-hydrogen) atoms. The Kier molecular flexibility index (Phi) is 4.51. The monoisotopic (exact) mass is 236 g/mol. The van der Waals surface area contributed by atoms with Gasteiger partial charge >= 0.3 is 0 Å². The van der Waals surface area contributed by atoms with Crippen LogP contribution in [0.5, 0.6) is 0 Å². The van der Waals surface area contributed by atoms with Crippen LogP contribution in [0.2, 0.25) is 0 Å². The molecule has 1 unspecified atom stereocenters. The second-order valence-corrected chi connectivity index (χ2v) is 5.96. The summed E-state index contributed by atoms with van der Waals surface area (Å²) in [5.74, 6) is 0.506. The summed E-state index contributed by atoms with van der Waals surface area (Å²) < 4.78 is 27.3. The van der Waals surface area contributed by atoms with Crippen LogP contribution in [0.1, 0.15) is 26.2 Å². The number of hydrogen-bond donors (Lipinski definition) is 2. The molecule has 0 heterocycles. The molecule has 1 saturated carbocycles. The molecule has 1 aliphatic rings. The maximum atomic E-state index is 11.7. The van der Waals surface area contributed by atoms with Crippen molar-refractivity contribution in [3.63, 3.8) is 0 Å². The van der Waals surface area contributed by atoms with Gasteiger partial charge in [-0.25, -0.2) is 0 Å². The minimum absolute atomic E-state index is 0.0119. The number of nitrogens with zero attached hydrogens (tertiary/aromatic N) is 1. The van der Waals surface area contributed by atoms with E-state index < -0.39 is 10.2 Å². The minimum Gasteiger partial charge on any atom is -0.396 e. The average molecular weight is 236 g/mol. The van der Waals surface area contributed by atoms with E-state index >= 15 is 0 Å². The summed E-state index contributed by atoms with van der Waals surface area (Å²) in [6, 6.07) is 0.0200. The van der Waals surface area contributed by atoms with Crippen LogP contribution in [0.4, 0.5) is 0 Å². The van der Waals surface area contributed by atoms with Crippen molar-refractivity contribution in [1.82, 2.24) is 9.03 Å². The zero-order valence-corrected chi connectivity index (χ0v) is 10.1. The standard InChI is InChI=1S/C9H20N2O3S/c1-8(9-4-5-9)10-15(13,14)11(2)6-3-7-12/h8-10,12H,3-7H2,1-2H3. The number of aliphatic hydroxyl groups excluding tert-OH is 1. The Morgan fingerprint density at radius 2 is 2.13 bits per heavy atom. The van der Waals surface area contributed by atoms with Crippen molar-refractivity contribution >= 4 is 10.2 Å². The minimum atomic E-state index is -3.36. The van der Waals surface area contributed by atoms with Crippen LogP contribution >= 0.6 is 0 Å². The van der Waals surface area contributed by atoms with E-state index in [9.17, 15) is 8.42 Å². The molecule has 0 radical (unpaired) electrons. The quantitative estimate of drug-likeness (QED) is 0.650. The summed E-state index contributed by atoms with van der Waals surface area (Å²) >= 11 is 0. The third kappa shape index (κ3) is 4.06. The van der Waals surface area contributed by atoms with Crippen LogP contribution in [-0.4, -0.2) is 44.1 Å². The van der Waals surface area contributed by atoms with E-state index in [1.54, 1.807) is 0 Å². The SMILES string of the molecule is CC(NS(=O)(=O)N(C)CCCO)C1CC1. The average Bonchev–Trinajstić information content (AvgIpc) is 2.96. The number of hydrogen-bond acceptors (Lipinski definition) is 3. The molecule has 0 aliphatic heterocycles. The summed E-state index contributed by atoms with van der Waals surface area (Å²) in [7, 11) is -1.84. The molecule has 6 heteroatoms. The predicted octanol–water partition coefficient (Wildman–Crippen LogP) is -0.0665. The van der Waals surface area contributed by atoms with E-state index in [0.29, 0.717) is 18.9 Å². The third-order valence-corrected chi connectivity index (χ3v) is 4.38. The second kappa shape index (κ2) is 5.25. The molecule has 1 atom stereocenters. The number of nitrogens with one attached hydrogen (secondary N) is 1. The van der Waals surface area contributed by atoms with Gasteiger partial charge in [-0.1, -0.05) is 0 Å². The van der Waals surface area contributed by atoms with Crippen molar-refractivity contribution in [2.24, 2.45) is 5.92 Å². The molecule has 0 saturated heterocycles. The van der Waals surface area contributed by atoms with Gasteiger partial charge in [0.15, 0.2) is 0 Å². The van der Waals surface area contributed by atoms with Gasteiger partial charge in [0.2, 0.25) is 0 Å². The fourth-order valence-corrected chi connectivity index (χ4v) is 2.64. The van der Waals surface area contributed by atoms with E-state index in [4.69, 9.17) is 5.11 Å². The van der Waals surface area contributed by atoms with E-state index in [1.165, 1.54) is 11.4 Å². The molecule has 1 fully saturated rings. The Hall–Kier alpha value is -0.170. The smallest absolute Gasteiger partial charge is 0.279 e. The molecular formula is C9H20N2O3S. The largest absolute Gasteiger partial charge is 0.396 e. The van der Waals surface area contributed by atoms with Crippen molar-refractivity contribution in [2.45, 2.75) is 32.2 Å². The van der Waals surface area contributed by atoms with Gasteiger partial charge in [0.25, 0.3) is 10.2 Å². The molecule has 90 valence electrons. The number of aliphatic hydroxyl groups is 1. The summed E-state index contributed by atoms with van der Waals surface area (Å²) in [6.07, 6.45) is 2.70. The van der Waals surface area contributed by atoms with Gasteiger partial charge in [0, 0.05) is 26.2 Å². The lowest BCUT2D eigenvalue weighted by Gasteiger charge is -2.20. The van der Waals surface area contributed by atoms with Crippen LogP contribution < -0.4 is 4.72 Å². The van der Waals surface area contributed by atoms with Gasteiger partial charge < -0.3 is 5.11 Å². The van der Waals surface area contributed by atoms with Crippen molar-refractivity contribution in [1.29, 1.82) is 0 Å². The fourth-order valence-electron chi connectivity index (χ4n) is 1.43. The molecular weight excluding hydrogens is 216 g/mol. The Morgan fingerprint density at radius 1 is 1.53 bits per heavy atom. The first-order valence-corrected chi connectivity index (χ1v) is 6.76. The predicted molar refractivity (Wildman–Crippen MR) is 58.6 cm³/mol. The van der Waals surface area contributed by atoms with Crippen LogP contribution in [0.25, 0.3) is 0 Å². The molecule has 0 aromatic rings. The topological polar surface area (TPSA) is 69.6 Å². The third-order valence-electron chi connectivity index (χ3n) is 2.71. The normalized spacial score (nSPS) is 19.5. The van der Waals surface area contributed by atoms with Crippen molar-refractivity contribution in [3.8, 4) is 0 Å². The van der Waals surface area contributed by atoms with Crippen molar-refractivity contribution < 1.29 is 13.5 Å². The molecule has 0 bridgehead atoms. The lowest BCUT2D eigenvalue weighted by Crippen LogP contribution is -2.43. The maximum absolute atomic E-state index is 11.7. The Labute approximate surface area is 91.7 Å². The zero-order valence-electron chi connectivity index (χ0n) is 9.31. The lowest BCUT2D eigenvalue weighted by atomic mass is 10.2. The molecule has 0 aromatic heterocycles. The van der Waals surface area contributed by atoms with Crippen molar-refractivity contribution in [3.05, 3.63) is 0 Å². The van der Waals surface area contributed by atoms with E-state index in [0.717, 1.165) is 12.8 Å². The molecule has 0 aromatic carbocycles. The van der Waals surface area contributed by atoms with E-state index in [1.807, 2.05) is 6.92 Å². The van der Waals surface area contributed by atoms with Gasteiger partial charge in [-0.05, 0) is 32.1 Å². The maximum Gasteiger partial charge on any atom is 0.279 e. The van der Waals surface area contributed by atoms with Crippen LogP contribution in [0.15, 0.2) is 0 Å². The van der Waals surface area contributed by atoms with Gasteiger partial charge in [-0.2, -0.15) is 17.4 Å². The first-order valence-electron chi connectivity index (χ1n) is 5.32. The molecule has 0 spiro atoms. The Balaban J connectivity index is 2.41. The second-order valence-electron chi connectivity index (χ2n) is 4.15. The summed E-state index contributed by atoms with van der Waals surface area (Å²) in [5.41, 5.74) is 0. The van der Waals surface area contributed by atoms with Gasteiger partial charge in [0.1, 0.15) is 0 Å². The van der Waals surface area contributed by atoms with Gasteiger partial charge in [-0.3, -0.25) is 0 Å². The van der Waals surface area contributed by atoms with E-state index in [-0.39, 0.29) is 12.6 Å². The molecule has 1 aliphatic carbocycles. The van der Waals surface area contributed by atoms with Gasteiger partial charge in [0.05, 0.1) is 0 Å². The van der Waals surface area contributed by atoms with E-state index in [2.05, 4.69) is 4.72 Å².